The van der Waals surface area contributed by atoms with Gasteiger partial charge in [-0.25, -0.2) is 8.42 Å². The van der Waals surface area contributed by atoms with E-state index >= 15 is 0 Å². The van der Waals surface area contributed by atoms with Crippen molar-refractivity contribution in [1.29, 1.82) is 0 Å². The van der Waals surface area contributed by atoms with Crippen molar-refractivity contribution in [1.82, 2.24) is 10.2 Å². The number of carbonyl (C=O) groups is 2. The first kappa shape index (κ1) is 33.9. The zero-order valence-electron chi connectivity index (χ0n) is 27.6. The predicted octanol–water partition coefficient (Wildman–Crippen LogP) is 6.90. The maximum atomic E-state index is 14.8. The van der Waals surface area contributed by atoms with Crippen LogP contribution in [0.15, 0.2) is 108 Å². The minimum atomic E-state index is -4.14. The molecule has 4 aromatic rings. The van der Waals surface area contributed by atoms with Gasteiger partial charge < -0.3 is 10.2 Å². The van der Waals surface area contributed by atoms with E-state index in [-0.39, 0.29) is 23.4 Å². The van der Waals surface area contributed by atoms with Crippen LogP contribution >= 0.6 is 0 Å². The highest BCUT2D eigenvalue weighted by Gasteiger charge is 2.36. The Kier molecular flexibility index (Phi) is 11.1. The zero-order valence-corrected chi connectivity index (χ0v) is 28.4. The highest BCUT2D eigenvalue weighted by Crippen LogP contribution is 2.29. The van der Waals surface area contributed by atoms with Gasteiger partial charge in [0.2, 0.25) is 11.8 Å². The minimum Gasteiger partial charge on any atom is -0.352 e. The Morgan fingerprint density at radius 2 is 1.43 bits per heavy atom. The normalized spacial score (nSPS) is 14.3. The Hall–Kier alpha value is -4.43. The molecule has 1 atom stereocenters. The lowest BCUT2D eigenvalue weighted by molar-refractivity contribution is -0.140. The van der Waals surface area contributed by atoms with E-state index < -0.39 is 28.5 Å². The molecular weight excluding hydrogens is 607 g/mol. The standard InChI is InChI=1S/C39H45N3O4S/c1-29-15-13-19-33(25-29)27-41(37(26-32-17-7-4-8-18-32)39(44)40-34-20-9-5-10-21-34)38(43)28-42(36-24-14-16-30(2)31(36)3)47(45,46)35-22-11-6-12-23-35/h4,6-8,11-19,22-25,34,37H,5,9-10,20-21,26-28H2,1-3H3,(H,40,44). The average molecular weight is 652 g/mol. The van der Waals surface area contributed by atoms with Crippen LogP contribution in [-0.4, -0.2) is 43.8 Å². The Morgan fingerprint density at radius 3 is 2.11 bits per heavy atom. The summed E-state index contributed by atoms with van der Waals surface area (Å²) in [4.78, 5) is 30.7. The van der Waals surface area contributed by atoms with Gasteiger partial charge in [0.25, 0.3) is 10.0 Å². The fourth-order valence-electron chi connectivity index (χ4n) is 6.34. The molecule has 0 aromatic heterocycles. The molecule has 0 bridgehead atoms. The highest BCUT2D eigenvalue weighted by molar-refractivity contribution is 7.92. The second-order valence-electron chi connectivity index (χ2n) is 12.6. The quantitative estimate of drug-likeness (QED) is 0.181. The molecule has 0 spiro atoms. The van der Waals surface area contributed by atoms with E-state index in [9.17, 15) is 18.0 Å². The molecule has 1 aliphatic carbocycles. The molecule has 1 fully saturated rings. The van der Waals surface area contributed by atoms with E-state index in [1.807, 2.05) is 81.4 Å². The van der Waals surface area contributed by atoms with E-state index in [0.717, 1.165) is 59.9 Å². The van der Waals surface area contributed by atoms with E-state index in [4.69, 9.17) is 0 Å². The number of anilines is 1. The third-order valence-corrected chi connectivity index (χ3v) is 10.9. The molecule has 246 valence electrons. The second kappa shape index (κ2) is 15.4. The van der Waals surface area contributed by atoms with Crippen LogP contribution in [0.5, 0.6) is 0 Å². The maximum Gasteiger partial charge on any atom is 0.264 e. The van der Waals surface area contributed by atoms with Crippen molar-refractivity contribution in [3.8, 4) is 0 Å². The van der Waals surface area contributed by atoms with Gasteiger partial charge in [-0.3, -0.25) is 13.9 Å². The Bertz CT molecular complexity index is 1770. The van der Waals surface area contributed by atoms with E-state index in [0.29, 0.717) is 12.1 Å². The molecule has 0 heterocycles. The monoisotopic (exact) mass is 651 g/mol. The molecule has 1 N–H and O–H groups in total. The Labute approximate surface area is 279 Å². The molecule has 8 heteroatoms. The number of hydrogen-bond donors (Lipinski definition) is 1. The molecule has 1 unspecified atom stereocenters. The minimum absolute atomic E-state index is 0.0512. The third-order valence-electron chi connectivity index (χ3n) is 9.11. The predicted molar refractivity (Wildman–Crippen MR) is 188 cm³/mol. The van der Waals surface area contributed by atoms with Crippen molar-refractivity contribution in [2.45, 2.75) is 82.8 Å². The lowest BCUT2D eigenvalue weighted by Crippen LogP contribution is -2.55. The van der Waals surface area contributed by atoms with Gasteiger partial charge in [0, 0.05) is 19.0 Å². The summed E-state index contributed by atoms with van der Waals surface area (Å²) in [6.45, 7) is 5.46. The number of nitrogens with zero attached hydrogens (tertiary/aromatic N) is 2. The van der Waals surface area contributed by atoms with E-state index in [1.54, 1.807) is 35.2 Å². The summed E-state index contributed by atoms with van der Waals surface area (Å²) in [6.07, 6.45) is 5.38. The van der Waals surface area contributed by atoms with Gasteiger partial charge in [-0.05, 0) is 74.1 Å². The van der Waals surface area contributed by atoms with Crippen LogP contribution in [0, 0.1) is 20.8 Å². The summed E-state index contributed by atoms with van der Waals surface area (Å²) in [6, 6.07) is 30.4. The number of amides is 2. The van der Waals surface area contributed by atoms with E-state index in [1.165, 1.54) is 16.4 Å². The van der Waals surface area contributed by atoms with Crippen LogP contribution < -0.4 is 9.62 Å². The molecule has 0 aliphatic heterocycles. The lowest BCUT2D eigenvalue weighted by atomic mass is 9.94. The van der Waals surface area contributed by atoms with Crippen LogP contribution in [0.4, 0.5) is 5.69 Å². The van der Waals surface area contributed by atoms with Gasteiger partial charge >= 0.3 is 0 Å². The summed E-state index contributed by atoms with van der Waals surface area (Å²) in [5.41, 5.74) is 4.93. The van der Waals surface area contributed by atoms with Gasteiger partial charge in [0.15, 0.2) is 0 Å². The molecular formula is C39H45N3O4S. The van der Waals surface area contributed by atoms with Gasteiger partial charge in [0.05, 0.1) is 10.6 Å². The molecule has 1 saturated carbocycles. The van der Waals surface area contributed by atoms with Crippen molar-refractivity contribution in [3.05, 3.63) is 131 Å². The number of benzene rings is 4. The fraction of sp³-hybridized carbons (Fsp3) is 0.333. The van der Waals surface area contributed by atoms with Crippen LogP contribution in [-0.2, 0) is 32.6 Å². The maximum absolute atomic E-state index is 14.8. The summed E-state index contributed by atoms with van der Waals surface area (Å²) in [7, 11) is -4.14. The largest absolute Gasteiger partial charge is 0.352 e. The van der Waals surface area contributed by atoms with Crippen molar-refractivity contribution >= 4 is 27.5 Å². The Morgan fingerprint density at radius 1 is 0.787 bits per heavy atom. The topological polar surface area (TPSA) is 86.8 Å². The average Bonchev–Trinajstić information content (AvgIpc) is 3.08. The Balaban J connectivity index is 1.58. The number of rotatable bonds is 12. The molecule has 5 rings (SSSR count). The smallest absolute Gasteiger partial charge is 0.264 e. The summed E-state index contributed by atoms with van der Waals surface area (Å²) in [5, 5.41) is 3.26. The molecule has 4 aromatic carbocycles. The zero-order chi connectivity index (χ0) is 33.4. The molecule has 0 saturated heterocycles. The highest BCUT2D eigenvalue weighted by atomic mass is 32.2. The number of carbonyl (C=O) groups excluding carboxylic acids is 2. The SMILES string of the molecule is Cc1cccc(CN(C(=O)CN(c2cccc(C)c2C)S(=O)(=O)c2ccccc2)C(Cc2ccccc2)C(=O)NC2CCCCC2)c1. The first-order chi connectivity index (χ1) is 22.6. The molecule has 0 radical (unpaired) electrons. The lowest BCUT2D eigenvalue weighted by Gasteiger charge is -2.35. The summed E-state index contributed by atoms with van der Waals surface area (Å²) in [5.74, 6) is -0.669. The fourth-order valence-corrected chi connectivity index (χ4v) is 7.84. The van der Waals surface area contributed by atoms with Gasteiger partial charge in [-0.1, -0.05) is 110 Å². The summed E-state index contributed by atoms with van der Waals surface area (Å²) < 4.78 is 29.8. The van der Waals surface area contributed by atoms with Crippen LogP contribution in [0.25, 0.3) is 0 Å². The van der Waals surface area contributed by atoms with Crippen LogP contribution in [0.2, 0.25) is 0 Å². The van der Waals surface area contributed by atoms with Crippen LogP contribution in [0.1, 0.15) is 59.9 Å². The van der Waals surface area contributed by atoms with E-state index in [2.05, 4.69) is 5.32 Å². The molecule has 7 nitrogen and oxygen atoms in total. The first-order valence-electron chi connectivity index (χ1n) is 16.5. The van der Waals surface area contributed by atoms with Crippen molar-refractivity contribution in [3.63, 3.8) is 0 Å². The van der Waals surface area contributed by atoms with Crippen molar-refractivity contribution in [2.75, 3.05) is 10.8 Å². The molecule has 2 amide bonds. The van der Waals surface area contributed by atoms with Gasteiger partial charge in [-0.15, -0.1) is 0 Å². The van der Waals surface area contributed by atoms with Crippen LogP contribution in [0.3, 0.4) is 0 Å². The molecule has 1 aliphatic rings. The molecule has 47 heavy (non-hydrogen) atoms. The number of aryl methyl sites for hydroxylation is 2. The van der Waals surface area contributed by atoms with Crippen molar-refractivity contribution < 1.29 is 18.0 Å². The number of nitrogens with one attached hydrogen (secondary N) is 1. The third kappa shape index (κ3) is 8.49. The number of hydrogen-bond acceptors (Lipinski definition) is 4. The number of sulfonamides is 1. The van der Waals surface area contributed by atoms with Gasteiger partial charge in [-0.2, -0.15) is 0 Å². The second-order valence-corrected chi connectivity index (χ2v) is 14.5. The van der Waals surface area contributed by atoms with Gasteiger partial charge in [0.1, 0.15) is 12.6 Å². The first-order valence-corrected chi connectivity index (χ1v) is 17.9. The van der Waals surface area contributed by atoms with Crippen molar-refractivity contribution in [2.24, 2.45) is 0 Å². The summed E-state index contributed by atoms with van der Waals surface area (Å²) >= 11 is 0.